The summed E-state index contributed by atoms with van der Waals surface area (Å²) in [5, 5.41) is 20.9. The Morgan fingerprint density at radius 1 is 0.857 bits per heavy atom. The Hall–Kier alpha value is -3.78. The first-order valence-electron chi connectivity index (χ1n) is 8.16. The van der Waals surface area contributed by atoms with Crippen LogP contribution in [-0.4, -0.2) is 49.3 Å². The number of hydrogen-bond donors (Lipinski definition) is 6. The number of hydrogen-bond acceptors (Lipinski definition) is 10. The molecule has 0 unspecified atom stereocenters. The van der Waals surface area contributed by atoms with Gasteiger partial charge in [0.1, 0.15) is 12.5 Å². The van der Waals surface area contributed by atoms with Gasteiger partial charge in [-0.2, -0.15) is 9.97 Å². The maximum Gasteiger partial charge on any atom is 0.280 e. The van der Waals surface area contributed by atoms with E-state index in [1.54, 1.807) is 0 Å². The molecule has 0 radical (unpaired) electrons. The molecule has 8 N–H and O–H groups in total. The van der Waals surface area contributed by atoms with E-state index < -0.39 is 23.6 Å². The third kappa shape index (κ3) is 2.85. The first-order chi connectivity index (χ1) is 13.3. The van der Waals surface area contributed by atoms with E-state index in [0.29, 0.717) is 0 Å². The molecule has 4 heterocycles. The number of aliphatic hydroxyl groups excluding tert-OH is 2. The minimum absolute atomic E-state index is 0.0355. The molecule has 4 aromatic heterocycles. The van der Waals surface area contributed by atoms with Crippen LogP contribution in [0.1, 0.15) is 25.3 Å². The molecule has 0 aromatic carbocycles. The van der Waals surface area contributed by atoms with E-state index in [2.05, 4.69) is 29.9 Å². The zero-order valence-corrected chi connectivity index (χ0v) is 14.3. The molecule has 0 aliphatic heterocycles. The number of fused-ring (bicyclic) bond motifs is 2. The smallest absolute Gasteiger partial charge is 0.280 e. The maximum atomic E-state index is 11.8. The van der Waals surface area contributed by atoms with E-state index in [4.69, 9.17) is 11.5 Å². The lowest BCUT2D eigenvalue weighted by Crippen LogP contribution is -2.16. The number of aromatic nitrogens is 8. The molecule has 4 rings (SSSR count). The van der Waals surface area contributed by atoms with Crippen molar-refractivity contribution in [2.24, 2.45) is 0 Å². The minimum atomic E-state index is -1.13. The highest BCUT2D eigenvalue weighted by Crippen LogP contribution is 2.22. The molecule has 0 aliphatic carbocycles. The Balaban J connectivity index is 1.57. The Morgan fingerprint density at radius 2 is 1.25 bits per heavy atom. The molecule has 0 saturated carbocycles. The van der Waals surface area contributed by atoms with Crippen molar-refractivity contribution in [1.82, 2.24) is 39.0 Å². The van der Waals surface area contributed by atoms with Crippen LogP contribution in [0, 0.1) is 0 Å². The van der Waals surface area contributed by atoms with Gasteiger partial charge >= 0.3 is 0 Å². The van der Waals surface area contributed by atoms with Gasteiger partial charge in [0.05, 0.1) is 12.7 Å². The van der Waals surface area contributed by atoms with Crippen molar-refractivity contribution in [3.8, 4) is 0 Å². The summed E-state index contributed by atoms with van der Waals surface area (Å²) >= 11 is 0. The van der Waals surface area contributed by atoms with Crippen LogP contribution in [0.4, 0.5) is 11.9 Å². The highest BCUT2D eigenvalue weighted by atomic mass is 16.3. The number of aromatic amines is 2. The fraction of sp³-hybridized carbons (Fsp3) is 0.286. The zero-order valence-electron chi connectivity index (χ0n) is 14.3. The van der Waals surface area contributed by atoms with Crippen molar-refractivity contribution in [3.05, 3.63) is 33.4 Å². The summed E-state index contributed by atoms with van der Waals surface area (Å²) in [6.45, 7) is 0. The van der Waals surface area contributed by atoms with Crippen LogP contribution in [0.2, 0.25) is 0 Å². The number of nitrogens with two attached hydrogens (primary N) is 2. The lowest BCUT2D eigenvalue weighted by atomic mass is 10.2. The van der Waals surface area contributed by atoms with Gasteiger partial charge in [-0.15, -0.1) is 0 Å². The monoisotopic (exact) mass is 388 g/mol. The van der Waals surface area contributed by atoms with Crippen molar-refractivity contribution in [2.75, 3.05) is 11.5 Å². The summed E-state index contributed by atoms with van der Waals surface area (Å²) in [5.41, 5.74) is 10.3. The molecular weight excluding hydrogens is 372 g/mol. The Kier molecular flexibility index (Phi) is 4.05. The van der Waals surface area contributed by atoms with E-state index in [9.17, 15) is 19.8 Å². The van der Waals surface area contributed by atoms with Crippen LogP contribution in [0.5, 0.6) is 0 Å². The molecule has 0 bridgehead atoms. The van der Waals surface area contributed by atoms with E-state index in [-0.39, 0.29) is 47.1 Å². The number of aliphatic hydroxyl groups is 2. The first-order valence-corrected chi connectivity index (χ1v) is 8.16. The number of nitrogens with zero attached hydrogens (tertiary/aromatic N) is 6. The Labute approximate surface area is 154 Å². The van der Waals surface area contributed by atoms with Gasteiger partial charge in [0, 0.05) is 0 Å². The summed E-state index contributed by atoms with van der Waals surface area (Å²) in [5.74, 6) is -0.212. The predicted molar refractivity (Wildman–Crippen MR) is 96.9 cm³/mol. The number of imidazole rings is 2. The molecule has 14 nitrogen and oxygen atoms in total. The second-order valence-corrected chi connectivity index (χ2v) is 6.09. The van der Waals surface area contributed by atoms with Crippen LogP contribution in [-0.2, 0) is 0 Å². The van der Waals surface area contributed by atoms with Crippen LogP contribution in [0.25, 0.3) is 22.3 Å². The second kappa shape index (κ2) is 6.43. The van der Waals surface area contributed by atoms with Gasteiger partial charge in [-0.1, -0.05) is 0 Å². The number of anilines is 2. The molecule has 146 valence electrons. The van der Waals surface area contributed by atoms with Crippen molar-refractivity contribution >= 4 is 34.2 Å². The average molecular weight is 388 g/mol. The summed E-state index contributed by atoms with van der Waals surface area (Å²) < 4.78 is 2.56. The van der Waals surface area contributed by atoms with E-state index >= 15 is 0 Å². The highest BCUT2D eigenvalue weighted by Gasteiger charge is 2.19. The number of H-pyrrole nitrogens is 2. The third-order valence-electron chi connectivity index (χ3n) is 4.23. The molecule has 0 saturated heterocycles. The standard InChI is InChI=1S/C14H16N10O4/c15-13-19-9-7(11(27)21-13)17-3-23(9)5(25)1-2-6(26)24-4-18-8-10(24)20-14(16)22-12(8)28/h3-6,25-26H,1-2H2,(H3,15,19,21,27)(H3,16,20,22,28)/t5-,6-/m0/s1. The van der Waals surface area contributed by atoms with Gasteiger partial charge < -0.3 is 21.7 Å². The number of nitrogens with one attached hydrogen (secondary N) is 2. The number of rotatable bonds is 5. The summed E-state index contributed by atoms with van der Waals surface area (Å²) in [4.78, 5) is 44.0. The fourth-order valence-electron chi connectivity index (χ4n) is 2.90. The van der Waals surface area contributed by atoms with Gasteiger partial charge in [-0.05, 0) is 12.8 Å². The van der Waals surface area contributed by atoms with Gasteiger partial charge in [0.15, 0.2) is 22.3 Å². The van der Waals surface area contributed by atoms with Crippen LogP contribution in [0.15, 0.2) is 22.2 Å². The highest BCUT2D eigenvalue weighted by molar-refractivity contribution is 5.71. The Morgan fingerprint density at radius 3 is 1.64 bits per heavy atom. The maximum absolute atomic E-state index is 11.8. The summed E-state index contributed by atoms with van der Waals surface area (Å²) in [6.07, 6.45) is 0.392. The quantitative estimate of drug-likeness (QED) is 0.225. The lowest BCUT2D eigenvalue weighted by Gasteiger charge is -2.17. The fourth-order valence-corrected chi connectivity index (χ4v) is 2.90. The third-order valence-corrected chi connectivity index (χ3v) is 4.23. The van der Waals surface area contributed by atoms with Crippen molar-refractivity contribution < 1.29 is 10.2 Å². The van der Waals surface area contributed by atoms with Gasteiger partial charge in [-0.3, -0.25) is 28.7 Å². The van der Waals surface area contributed by atoms with E-state index in [0.717, 1.165) is 0 Å². The zero-order chi connectivity index (χ0) is 20.0. The van der Waals surface area contributed by atoms with Crippen molar-refractivity contribution in [2.45, 2.75) is 25.3 Å². The average Bonchev–Trinajstić information content (AvgIpc) is 3.23. The Bertz CT molecular complexity index is 1180. The topological polar surface area (TPSA) is 220 Å². The van der Waals surface area contributed by atoms with Crippen molar-refractivity contribution in [1.29, 1.82) is 0 Å². The SMILES string of the molecule is Nc1nc2c(ncn2[C@@H](O)CC[C@H](O)n2cnc3c(=O)[nH]c(N)nc32)c(=O)[nH]1. The van der Waals surface area contributed by atoms with Crippen LogP contribution in [0.3, 0.4) is 0 Å². The van der Waals surface area contributed by atoms with Crippen molar-refractivity contribution in [3.63, 3.8) is 0 Å². The first kappa shape index (κ1) is 17.6. The second-order valence-electron chi connectivity index (χ2n) is 6.09. The van der Waals surface area contributed by atoms with Crippen LogP contribution < -0.4 is 22.6 Å². The molecule has 0 fully saturated rings. The van der Waals surface area contributed by atoms with Crippen LogP contribution >= 0.6 is 0 Å². The molecule has 28 heavy (non-hydrogen) atoms. The predicted octanol–water partition coefficient (Wildman–Crippen LogP) is -1.82. The molecular formula is C14H16N10O4. The van der Waals surface area contributed by atoms with Gasteiger partial charge in [0.2, 0.25) is 11.9 Å². The molecule has 14 heteroatoms. The molecule has 0 spiro atoms. The molecule has 0 amide bonds. The van der Waals surface area contributed by atoms with Gasteiger partial charge in [-0.25, -0.2) is 9.97 Å². The normalized spacial score (nSPS) is 13.9. The molecule has 2 atom stereocenters. The minimum Gasteiger partial charge on any atom is -0.373 e. The van der Waals surface area contributed by atoms with E-state index in [1.807, 2.05) is 0 Å². The van der Waals surface area contributed by atoms with E-state index in [1.165, 1.54) is 21.8 Å². The molecule has 0 aliphatic rings. The molecule has 4 aromatic rings. The summed E-state index contributed by atoms with van der Waals surface area (Å²) in [7, 11) is 0. The van der Waals surface area contributed by atoms with Gasteiger partial charge in [0.25, 0.3) is 11.1 Å². The number of nitrogen functional groups attached to an aromatic ring is 2. The summed E-state index contributed by atoms with van der Waals surface area (Å²) in [6, 6.07) is 0. The lowest BCUT2D eigenvalue weighted by molar-refractivity contribution is 0.0458. The largest absolute Gasteiger partial charge is 0.373 e.